The summed E-state index contributed by atoms with van der Waals surface area (Å²) in [5.74, 6) is 0.590. The van der Waals surface area contributed by atoms with E-state index in [1.807, 2.05) is 12.1 Å². The van der Waals surface area contributed by atoms with Crippen LogP contribution >= 0.6 is 0 Å². The number of furan rings is 1. The van der Waals surface area contributed by atoms with Crippen LogP contribution in [0.5, 0.6) is 0 Å². The van der Waals surface area contributed by atoms with Crippen LogP contribution in [0.25, 0.3) is 105 Å². The highest BCUT2D eigenvalue weighted by Gasteiger charge is 2.20. The van der Waals surface area contributed by atoms with Gasteiger partial charge in [-0.3, -0.25) is 0 Å². The number of benzene rings is 8. The predicted molar refractivity (Wildman–Crippen MR) is 217 cm³/mol. The summed E-state index contributed by atoms with van der Waals surface area (Å²) in [5.41, 5.74) is 14.1. The van der Waals surface area contributed by atoms with Crippen molar-refractivity contribution in [2.24, 2.45) is 0 Å². The first-order valence-corrected chi connectivity index (χ1v) is 17.9. The van der Waals surface area contributed by atoms with Gasteiger partial charge in [0, 0.05) is 38.2 Å². The first-order chi connectivity index (χ1) is 26.3. The van der Waals surface area contributed by atoms with Crippen molar-refractivity contribution in [3.05, 3.63) is 182 Å². The quantitative estimate of drug-likeness (QED) is 0.182. The molecule has 0 radical (unpaired) electrons. The monoisotopic (exact) mass is 678 g/mol. The van der Waals surface area contributed by atoms with Gasteiger partial charge in [0.2, 0.25) is 5.89 Å². The van der Waals surface area contributed by atoms with Gasteiger partial charge in [-0.1, -0.05) is 140 Å². The third-order valence-corrected chi connectivity index (χ3v) is 10.5. The summed E-state index contributed by atoms with van der Waals surface area (Å²) in [6.07, 6.45) is 0. The summed E-state index contributed by atoms with van der Waals surface area (Å²) in [6, 6.07) is 63.6. The maximum Gasteiger partial charge on any atom is 0.227 e. The van der Waals surface area contributed by atoms with Gasteiger partial charge >= 0.3 is 0 Å². The smallest absolute Gasteiger partial charge is 0.227 e. The highest BCUT2D eigenvalue weighted by molar-refractivity contribution is 6.14. The zero-order valence-corrected chi connectivity index (χ0v) is 28.5. The molecule has 0 N–H and O–H groups in total. The molecule has 0 bridgehead atoms. The van der Waals surface area contributed by atoms with Crippen LogP contribution < -0.4 is 0 Å². The first-order valence-electron chi connectivity index (χ1n) is 17.9. The lowest BCUT2D eigenvalue weighted by Gasteiger charge is -2.08. The number of oxazole rings is 1. The van der Waals surface area contributed by atoms with E-state index in [0.717, 1.165) is 88.7 Å². The molecule has 3 aromatic heterocycles. The lowest BCUT2D eigenvalue weighted by molar-refractivity contribution is 0.620. The SMILES string of the molecule is c1ccc(-c2cc(-c3ccccc3)c3nc(-c4ccc(-c5cccc6c5oc5c(-n7c8ccccc8c8ccccc87)cccc56)cc4)oc3c2)cc1. The van der Waals surface area contributed by atoms with Crippen molar-refractivity contribution in [2.75, 3.05) is 0 Å². The average molecular weight is 679 g/mol. The molecular weight excluding hydrogens is 649 g/mol. The topological polar surface area (TPSA) is 44.1 Å². The molecule has 0 saturated heterocycles. The molecule has 0 spiro atoms. The van der Waals surface area contributed by atoms with Crippen molar-refractivity contribution >= 4 is 54.8 Å². The molecule has 248 valence electrons. The van der Waals surface area contributed by atoms with Crippen LogP contribution in [0.15, 0.2) is 191 Å². The van der Waals surface area contributed by atoms with Crippen LogP contribution in [0.2, 0.25) is 0 Å². The van der Waals surface area contributed by atoms with Gasteiger partial charge in [-0.25, -0.2) is 4.98 Å². The van der Waals surface area contributed by atoms with E-state index in [2.05, 4.69) is 174 Å². The molecule has 0 atom stereocenters. The fraction of sp³-hybridized carbons (Fsp3) is 0. The van der Waals surface area contributed by atoms with E-state index in [9.17, 15) is 0 Å². The Kier molecular flexibility index (Phi) is 6.52. The zero-order chi connectivity index (χ0) is 34.9. The van der Waals surface area contributed by atoms with E-state index in [1.165, 1.54) is 10.8 Å². The molecule has 0 aliphatic heterocycles. The molecule has 0 aliphatic rings. The van der Waals surface area contributed by atoms with Gasteiger partial charge in [-0.05, 0) is 64.7 Å². The Balaban J connectivity index is 1.02. The van der Waals surface area contributed by atoms with Gasteiger partial charge in [0.1, 0.15) is 11.1 Å². The highest BCUT2D eigenvalue weighted by atomic mass is 16.3. The second-order valence-electron chi connectivity index (χ2n) is 13.5. The fourth-order valence-electron chi connectivity index (χ4n) is 7.97. The van der Waals surface area contributed by atoms with Crippen LogP contribution in [0.4, 0.5) is 0 Å². The molecule has 0 aliphatic carbocycles. The standard InChI is InChI=1S/C49H30N2O2/c1-3-13-31(14-4-1)35-29-41(32-15-5-2-6-16-32)46-45(30-35)52-49(50-46)34-27-25-33(26-28-34)36-19-11-20-39-40-21-12-24-44(48(40)53-47(36)39)51-42-22-9-7-17-37(42)38-18-8-10-23-43(38)51/h1-30H. The normalized spacial score (nSPS) is 11.8. The van der Waals surface area contributed by atoms with E-state index in [1.54, 1.807) is 0 Å². The molecule has 11 rings (SSSR count). The Morgan fingerprint density at radius 3 is 1.66 bits per heavy atom. The minimum Gasteiger partial charge on any atom is -0.453 e. The summed E-state index contributed by atoms with van der Waals surface area (Å²) in [5, 5.41) is 4.63. The van der Waals surface area contributed by atoms with E-state index in [-0.39, 0.29) is 0 Å². The summed E-state index contributed by atoms with van der Waals surface area (Å²) < 4.78 is 15.7. The van der Waals surface area contributed by atoms with Gasteiger partial charge in [0.05, 0.1) is 16.7 Å². The van der Waals surface area contributed by atoms with Gasteiger partial charge < -0.3 is 13.4 Å². The van der Waals surface area contributed by atoms with Crippen LogP contribution in [0, 0.1) is 0 Å². The fourth-order valence-corrected chi connectivity index (χ4v) is 7.97. The second-order valence-corrected chi connectivity index (χ2v) is 13.5. The van der Waals surface area contributed by atoms with Gasteiger partial charge in [-0.2, -0.15) is 0 Å². The van der Waals surface area contributed by atoms with Crippen LogP contribution in [0.3, 0.4) is 0 Å². The number of para-hydroxylation sites is 4. The van der Waals surface area contributed by atoms with E-state index in [0.29, 0.717) is 5.89 Å². The lowest BCUT2D eigenvalue weighted by Crippen LogP contribution is -1.93. The van der Waals surface area contributed by atoms with Crippen molar-refractivity contribution in [1.29, 1.82) is 0 Å². The van der Waals surface area contributed by atoms with Crippen LogP contribution in [0.1, 0.15) is 0 Å². The van der Waals surface area contributed by atoms with Crippen molar-refractivity contribution in [1.82, 2.24) is 9.55 Å². The molecule has 8 aromatic carbocycles. The molecule has 0 fully saturated rings. The summed E-state index contributed by atoms with van der Waals surface area (Å²) >= 11 is 0. The van der Waals surface area contributed by atoms with Gasteiger partial charge in [0.15, 0.2) is 11.2 Å². The minimum atomic E-state index is 0.590. The van der Waals surface area contributed by atoms with Crippen molar-refractivity contribution in [3.63, 3.8) is 0 Å². The number of fused-ring (bicyclic) bond motifs is 7. The summed E-state index contributed by atoms with van der Waals surface area (Å²) in [7, 11) is 0. The first kappa shape index (κ1) is 29.5. The van der Waals surface area contributed by atoms with Gasteiger partial charge in [0.25, 0.3) is 0 Å². The van der Waals surface area contributed by atoms with E-state index < -0.39 is 0 Å². The predicted octanol–water partition coefficient (Wildman–Crippen LogP) is 13.5. The molecule has 11 aromatic rings. The molecule has 3 heterocycles. The Bertz CT molecular complexity index is 3100. The number of nitrogens with zero attached hydrogens (tertiary/aromatic N) is 2. The Labute approximate surface area is 304 Å². The Hall–Kier alpha value is -7.17. The van der Waals surface area contributed by atoms with E-state index >= 15 is 0 Å². The van der Waals surface area contributed by atoms with E-state index in [4.69, 9.17) is 13.8 Å². The largest absolute Gasteiger partial charge is 0.453 e. The Morgan fingerprint density at radius 2 is 0.943 bits per heavy atom. The van der Waals surface area contributed by atoms with Gasteiger partial charge in [-0.15, -0.1) is 0 Å². The van der Waals surface area contributed by atoms with Crippen molar-refractivity contribution < 1.29 is 8.83 Å². The van der Waals surface area contributed by atoms with Crippen molar-refractivity contribution in [2.45, 2.75) is 0 Å². The lowest BCUT2D eigenvalue weighted by atomic mass is 9.98. The molecule has 4 heteroatoms. The number of hydrogen-bond donors (Lipinski definition) is 0. The molecule has 0 saturated carbocycles. The number of rotatable bonds is 5. The molecule has 53 heavy (non-hydrogen) atoms. The summed E-state index contributed by atoms with van der Waals surface area (Å²) in [4.78, 5) is 5.06. The zero-order valence-electron chi connectivity index (χ0n) is 28.5. The third kappa shape index (κ3) is 4.66. The van der Waals surface area contributed by atoms with Crippen molar-refractivity contribution in [3.8, 4) is 50.5 Å². The second kappa shape index (κ2) is 11.7. The molecule has 0 unspecified atom stereocenters. The Morgan fingerprint density at radius 1 is 0.377 bits per heavy atom. The third-order valence-electron chi connectivity index (χ3n) is 10.5. The summed E-state index contributed by atoms with van der Waals surface area (Å²) in [6.45, 7) is 0. The molecule has 4 nitrogen and oxygen atoms in total. The number of aromatic nitrogens is 2. The highest BCUT2D eigenvalue weighted by Crippen LogP contribution is 2.42. The van der Waals surface area contributed by atoms with Crippen LogP contribution in [-0.2, 0) is 0 Å². The molecular formula is C49H30N2O2. The maximum atomic E-state index is 6.90. The number of hydrogen-bond acceptors (Lipinski definition) is 3. The molecule has 0 amide bonds. The van der Waals surface area contributed by atoms with Crippen LogP contribution in [-0.4, -0.2) is 9.55 Å². The minimum absolute atomic E-state index is 0.590. The maximum absolute atomic E-state index is 6.90. The average Bonchev–Trinajstić information content (AvgIpc) is 3.93.